The molecule has 168 valence electrons. The normalized spacial score (nSPS) is 56.2. The largest absolute Gasteiger partial charge is 0.458 e. The maximum absolute atomic E-state index is 15.7. The quantitative estimate of drug-likeness (QED) is 0.373. The van der Waals surface area contributed by atoms with E-state index in [-0.39, 0.29) is 41.2 Å². The van der Waals surface area contributed by atoms with Gasteiger partial charge >= 0.3 is 5.97 Å². The fourth-order valence-electron chi connectivity index (χ4n) is 8.36. The third-order valence-corrected chi connectivity index (χ3v) is 11.7. The van der Waals surface area contributed by atoms with E-state index in [0.717, 1.165) is 32.1 Å². The maximum atomic E-state index is 15.7. The molecular weight excluding hydrogens is 455 g/mol. The first kappa shape index (κ1) is 21.3. The zero-order valence-electron chi connectivity index (χ0n) is 18.0. The lowest BCUT2D eigenvalue weighted by Gasteiger charge is -2.65. The number of rotatable bonds is 3. The summed E-state index contributed by atoms with van der Waals surface area (Å²) in [5, 5.41) is 10.3. The van der Waals surface area contributed by atoms with Crippen LogP contribution in [0.2, 0.25) is 0 Å². The van der Waals surface area contributed by atoms with Crippen molar-refractivity contribution in [3.05, 3.63) is 0 Å². The Morgan fingerprint density at radius 3 is 2.57 bits per heavy atom. The standard InChI is InChI=1S/C23H32BrFO5/c1-12(26)29-11-18(28)23-19(30-23)9-16-14-8-17(25)22(24)10-13(27)4-6-20(22,2)15(14)5-7-21(16,23)3/h13-17,19,27H,4-11H2,1-3H3/t13-,14+,15-,16-,17+,19+,20+,21-,22-,23+/m0/s1. The van der Waals surface area contributed by atoms with Gasteiger partial charge < -0.3 is 14.6 Å². The Morgan fingerprint density at radius 2 is 1.87 bits per heavy atom. The average Bonchev–Trinajstić information content (AvgIpc) is 3.35. The summed E-state index contributed by atoms with van der Waals surface area (Å²) in [6, 6.07) is 0. The van der Waals surface area contributed by atoms with Crippen LogP contribution in [0, 0.1) is 28.6 Å². The molecule has 1 N–H and O–H groups in total. The van der Waals surface area contributed by atoms with Gasteiger partial charge in [0.2, 0.25) is 5.78 Å². The van der Waals surface area contributed by atoms with Crippen LogP contribution in [-0.4, -0.2) is 51.8 Å². The Morgan fingerprint density at radius 1 is 1.17 bits per heavy atom. The Hall–Kier alpha value is -0.530. The maximum Gasteiger partial charge on any atom is 0.303 e. The summed E-state index contributed by atoms with van der Waals surface area (Å²) >= 11 is 3.81. The second-order valence-corrected chi connectivity index (χ2v) is 12.4. The predicted octanol–water partition coefficient (Wildman–Crippen LogP) is 3.74. The van der Waals surface area contributed by atoms with E-state index in [1.165, 1.54) is 6.92 Å². The van der Waals surface area contributed by atoms with Crippen LogP contribution in [0.4, 0.5) is 4.39 Å². The number of hydrogen-bond donors (Lipinski definition) is 1. The highest BCUT2D eigenvalue weighted by Crippen LogP contribution is 2.75. The van der Waals surface area contributed by atoms with Crippen molar-refractivity contribution in [2.24, 2.45) is 28.6 Å². The van der Waals surface area contributed by atoms with Crippen LogP contribution in [0.3, 0.4) is 0 Å². The number of alkyl halides is 2. The zero-order chi connectivity index (χ0) is 21.7. The molecule has 0 radical (unpaired) electrons. The molecule has 0 bridgehead atoms. The molecular formula is C23H32BrFO5. The van der Waals surface area contributed by atoms with Gasteiger partial charge in [0.15, 0.2) is 12.2 Å². The van der Waals surface area contributed by atoms with Crippen molar-refractivity contribution >= 4 is 27.7 Å². The number of Topliss-reactive ketones (excluding diaryl/α,β-unsaturated/α-hetero) is 1. The van der Waals surface area contributed by atoms with Gasteiger partial charge in [0.25, 0.3) is 0 Å². The molecule has 0 unspecified atom stereocenters. The minimum atomic E-state index is -1.02. The number of halogens is 2. The van der Waals surface area contributed by atoms with E-state index in [4.69, 9.17) is 9.47 Å². The minimum Gasteiger partial charge on any atom is -0.458 e. The molecule has 0 aromatic heterocycles. The number of aliphatic hydroxyl groups is 1. The number of ether oxygens (including phenoxy) is 2. The number of hydrogen-bond acceptors (Lipinski definition) is 5. The van der Waals surface area contributed by atoms with Gasteiger partial charge in [-0.2, -0.15) is 0 Å². The van der Waals surface area contributed by atoms with Gasteiger partial charge in [-0.25, -0.2) is 4.39 Å². The van der Waals surface area contributed by atoms with Crippen molar-refractivity contribution in [3.8, 4) is 0 Å². The third kappa shape index (κ3) is 2.46. The van der Waals surface area contributed by atoms with E-state index in [9.17, 15) is 14.7 Å². The Labute approximate surface area is 185 Å². The molecule has 1 saturated heterocycles. The topological polar surface area (TPSA) is 76.1 Å². The number of fused-ring (bicyclic) bond motifs is 7. The molecule has 4 aliphatic carbocycles. The van der Waals surface area contributed by atoms with Gasteiger partial charge in [0.05, 0.1) is 16.5 Å². The molecule has 10 atom stereocenters. The van der Waals surface area contributed by atoms with Crippen LogP contribution in [0.5, 0.6) is 0 Å². The summed E-state index contributed by atoms with van der Waals surface area (Å²) in [6.45, 7) is 5.42. The summed E-state index contributed by atoms with van der Waals surface area (Å²) in [6.07, 6.45) is 3.45. The highest BCUT2D eigenvalue weighted by atomic mass is 79.9. The second kappa shape index (κ2) is 6.50. The van der Waals surface area contributed by atoms with E-state index in [0.29, 0.717) is 18.8 Å². The Balaban J connectivity index is 1.44. The first-order valence-corrected chi connectivity index (χ1v) is 12.1. The van der Waals surface area contributed by atoms with Crippen molar-refractivity contribution in [2.75, 3.05) is 6.61 Å². The summed E-state index contributed by atoms with van der Waals surface area (Å²) < 4.78 is 26.1. The van der Waals surface area contributed by atoms with Crippen LogP contribution in [0.25, 0.3) is 0 Å². The Bertz CT molecular complexity index is 792. The van der Waals surface area contributed by atoms with Crippen LogP contribution < -0.4 is 0 Å². The predicted molar refractivity (Wildman–Crippen MR) is 111 cm³/mol. The van der Waals surface area contributed by atoms with Gasteiger partial charge in [-0.1, -0.05) is 29.8 Å². The minimum absolute atomic E-state index is 0.135. The van der Waals surface area contributed by atoms with Crippen molar-refractivity contribution in [1.29, 1.82) is 0 Å². The van der Waals surface area contributed by atoms with E-state index < -0.39 is 28.2 Å². The van der Waals surface area contributed by atoms with Crippen molar-refractivity contribution in [2.45, 2.75) is 94.0 Å². The summed E-state index contributed by atoms with van der Waals surface area (Å²) in [7, 11) is 0. The van der Waals surface area contributed by atoms with E-state index in [2.05, 4.69) is 29.8 Å². The number of carbonyl (C=O) groups excluding carboxylic acids is 2. The molecule has 5 nitrogen and oxygen atoms in total. The lowest BCUT2D eigenvalue weighted by molar-refractivity contribution is -0.162. The fraction of sp³-hybridized carbons (Fsp3) is 0.913. The molecule has 5 rings (SSSR count). The van der Waals surface area contributed by atoms with Gasteiger partial charge in [0.1, 0.15) is 6.17 Å². The van der Waals surface area contributed by atoms with Crippen LogP contribution in [-0.2, 0) is 19.1 Å². The summed E-state index contributed by atoms with van der Waals surface area (Å²) in [5.74, 6) is 0.205. The SMILES string of the molecule is CC(=O)OCC(=O)[C@@]12O[C@@H]1C[C@H]1[C@@H]3C[C@@H](F)[C@@]4(Br)C[C@@H](O)CC[C@]4(C)[C@H]3CC[C@@]12C. The van der Waals surface area contributed by atoms with E-state index in [1.807, 2.05) is 0 Å². The van der Waals surface area contributed by atoms with Crippen molar-refractivity contribution in [3.63, 3.8) is 0 Å². The molecule has 0 aromatic carbocycles. The highest BCUT2D eigenvalue weighted by molar-refractivity contribution is 9.10. The first-order chi connectivity index (χ1) is 14.0. The van der Waals surface area contributed by atoms with Crippen molar-refractivity contribution < 1.29 is 28.6 Å². The summed E-state index contributed by atoms with van der Waals surface area (Å²) in [4.78, 5) is 24.3. The van der Waals surface area contributed by atoms with Crippen LogP contribution in [0.1, 0.15) is 65.7 Å². The van der Waals surface area contributed by atoms with Crippen molar-refractivity contribution in [1.82, 2.24) is 0 Å². The van der Waals surface area contributed by atoms with E-state index in [1.54, 1.807) is 0 Å². The molecule has 1 heterocycles. The average molecular weight is 487 g/mol. The molecule has 0 aromatic rings. The lowest BCUT2D eigenvalue weighted by atomic mass is 9.44. The smallest absolute Gasteiger partial charge is 0.303 e. The number of epoxide rings is 1. The molecule has 0 spiro atoms. The third-order valence-electron chi connectivity index (χ3n) is 9.96. The molecule has 30 heavy (non-hydrogen) atoms. The summed E-state index contributed by atoms with van der Waals surface area (Å²) in [5.41, 5.74) is -1.42. The first-order valence-electron chi connectivity index (χ1n) is 11.3. The monoisotopic (exact) mass is 486 g/mol. The zero-order valence-corrected chi connectivity index (χ0v) is 19.5. The molecule has 1 aliphatic heterocycles. The fourth-order valence-corrected chi connectivity index (χ4v) is 9.41. The molecule has 5 fully saturated rings. The number of aliphatic hydroxyl groups excluding tert-OH is 1. The van der Waals surface area contributed by atoms with E-state index >= 15 is 4.39 Å². The number of esters is 1. The number of carbonyl (C=O) groups is 2. The van der Waals surface area contributed by atoms with Gasteiger partial charge in [0, 0.05) is 12.3 Å². The lowest BCUT2D eigenvalue weighted by Crippen LogP contribution is -2.65. The second-order valence-electron chi connectivity index (χ2n) is 11.0. The Kier molecular flexibility index (Phi) is 4.62. The van der Waals surface area contributed by atoms with Gasteiger partial charge in [-0.3, -0.25) is 9.59 Å². The van der Waals surface area contributed by atoms with Crippen LogP contribution in [0.15, 0.2) is 0 Å². The number of ketones is 1. The molecule has 4 saturated carbocycles. The molecule has 5 aliphatic rings. The van der Waals surface area contributed by atoms with Gasteiger partial charge in [-0.15, -0.1) is 0 Å². The van der Waals surface area contributed by atoms with Gasteiger partial charge in [-0.05, 0) is 68.1 Å². The van der Waals surface area contributed by atoms with Crippen LogP contribution >= 0.6 is 15.9 Å². The molecule has 7 heteroatoms. The molecule has 0 amide bonds. The highest BCUT2D eigenvalue weighted by Gasteiger charge is 2.81.